The van der Waals surface area contributed by atoms with E-state index in [1.165, 1.54) is 5.56 Å². The molecule has 0 aliphatic rings. The van der Waals surface area contributed by atoms with Crippen LogP contribution in [0.3, 0.4) is 0 Å². The van der Waals surface area contributed by atoms with Gasteiger partial charge in [-0.25, -0.2) is 0 Å². The van der Waals surface area contributed by atoms with Gasteiger partial charge in [0.2, 0.25) is 0 Å². The van der Waals surface area contributed by atoms with Crippen molar-refractivity contribution in [3.8, 4) is 0 Å². The van der Waals surface area contributed by atoms with Crippen molar-refractivity contribution in [2.24, 2.45) is 0 Å². The topological polar surface area (TPSA) is 9.23 Å². The number of ether oxygens (including phenoxy) is 1. The van der Waals surface area contributed by atoms with Crippen LogP contribution in [0.1, 0.15) is 25.0 Å². The lowest BCUT2D eigenvalue weighted by atomic mass is 10.1. The van der Waals surface area contributed by atoms with E-state index in [2.05, 4.69) is 18.7 Å². The Hall–Kier alpha value is -1.08. The molecule has 0 aliphatic heterocycles. The van der Waals surface area contributed by atoms with Crippen molar-refractivity contribution in [2.45, 2.75) is 26.6 Å². The van der Waals surface area contributed by atoms with Crippen LogP contribution in [0.2, 0.25) is 0 Å². The van der Waals surface area contributed by atoms with E-state index < -0.39 is 0 Å². The third-order valence-electron chi connectivity index (χ3n) is 1.80. The maximum absolute atomic E-state index is 5.48. The molecule has 0 N–H and O–H groups in total. The lowest BCUT2D eigenvalue weighted by Gasteiger charge is -2.07. The minimum absolute atomic E-state index is 0.291. The maximum Gasteiger partial charge on any atom is 0.0720 e. The molecule has 0 amide bonds. The minimum atomic E-state index is 0.291. The lowest BCUT2D eigenvalue weighted by Crippen LogP contribution is -2.01. The first-order valence-corrected chi connectivity index (χ1v) is 4.55. The first-order valence-electron chi connectivity index (χ1n) is 4.55. The highest BCUT2D eigenvalue weighted by Crippen LogP contribution is 2.07. The van der Waals surface area contributed by atoms with Gasteiger partial charge in [-0.15, -0.1) is 0 Å². The molecule has 1 nitrogen and oxygen atoms in total. The Morgan fingerprint density at radius 2 is 1.92 bits per heavy atom. The van der Waals surface area contributed by atoms with Gasteiger partial charge in [0.25, 0.3) is 0 Å². The van der Waals surface area contributed by atoms with Crippen molar-refractivity contribution in [1.29, 1.82) is 0 Å². The first kappa shape index (κ1) is 10.0. The predicted molar refractivity (Wildman–Crippen MR) is 56.5 cm³/mol. The summed E-state index contributed by atoms with van der Waals surface area (Å²) < 4.78 is 5.48. The van der Waals surface area contributed by atoms with Crippen molar-refractivity contribution in [1.82, 2.24) is 0 Å². The number of rotatable bonds is 4. The minimum Gasteiger partial charge on any atom is -0.374 e. The van der Waals surface area contributed by atoms with E-state index in [4.69, 9.17) is 4.74 Å². The summed E-state index contributed by atoms with van der Waals surface area (Å²) in [6.07, 6.45) is 2.13. The quantitative estimate of drug-likeness (QED) is 0.684. The number of hydrogen-bond donors (Lipinski definition) is 0. The van der Waals surface area contributed by atoms with Crippen LogP contribution in [0, 0.1) is 0 Å². The molecule has 0 bridgehead atoms. The van der Waals surface area contributed by atoms with E-state index in [1.54, 1.807) is 0 Å². The third kappa shape index (κ3) is 3.43. The standard InChI is InChI=1S/C12H16O/c1-4-11-5-7-12(8-6-11)9-13-10(2)3/h4-8,10H,1,9H2,2-3H3. The Kier molecular flexibility index (Phi) is 3.71. The van der Waals surface area contributed by atoms with Gasteiger partial charge in [-0.3, -0.25) is 0 Å². The fourth-order valence-electron chi connectivity index (χ4n) is 1.01. The largest absolute Gasteiger partial charge is 0.374 e. The summed E-state index contributed by atoms with van der Waals surface area (Å²) in [4.78, 5) is 0. The molecule has 0 saturated heterocycles. The molecule has 0 fully saturated rings. The van der Waals surface area contributed by atoms with E-state index in [-0.39, 0.29) is 0 Å². The van der Waals surface area contributed by atoms with Gasteiger partial charge in [0.15, 0.2) is 0 Å². The predicted octanol–water partition coefficient (Wildman–Crippen LogP) is 3.25. The van der Waals surface area contributed by atoms with E-state index in [1.807, 2.05) is 32.1 Å². The molecule has 1 heteroatoms. The van der Waals surface area contributed by atoms with Gasteiger partial charge in [-0.2, -0.15) is 0 Å². The van der Waals surface area contributed by atoms with Gasteiger partial charge < -0.3 is 4.74 Å². The van der Waals surface area contributed by atoms with Crippen LogP contribution in [0.5, 0.6) is 0 Å². The zero-order valence-electron chi connectivity index (χ0n) is 8.29. The molecular weight excluding hydrogens is 160 g/mol. The van der Waals surface area contributed by atoms with Gasteiger partial charge in [0, 0.05) is 0 Å². The van der Waals surface area contributed by atoms with Crippen molar-refractivity contribution in [3.63, 3.8) is 0 Å². The second-order valence-corrected chi connectivity index (χ2v) is 3.31. The van der Waals surface area contributed by atoms with Crippen LogP contribution in [-0.2, 0) is 11.3 Å². The normalized spacial score (nSPS) is 10.4. The smallest absolute Gasteiger partial charge is 0.0720 e. The molecule has 0 spiro atoms. The molecule has 0 heterocycles. The third-order valence-corrected chi connectivity index (χ3v) is 1.80. The zero-order chi connectivity index (χ0) is 9.68. The molecular formula is C12H16O. The highest BCUT2D eigenvalue weighted by atomic mass is 16.5. The molecule has 13 heavy (non-hydrogen) atoms. The monoisotopic (exact) mass is 176 g/mol. The molecule has 0 unspecified atom stereocenters. The van der Waals surface area contributed by atoms with Crippen molar-refractivity contribution in [3.05, 3.63) is 42.0 Å². The summed E-state index contributed by atoms with van der Waals surface area (Å²) in [6.45, 7) is 8.47. The Balaban J connectivity index is 2.54. The van der Waals surface area contributed by atoms with Crippen LogP contribution in [0.15, 0.2) is 30.8 Å². The van der Waals surface area contributed by atoms with Gasteiger partial charge in [-0.1, -0.05) is 36.9 Å². The molecule has 0 radical (unpaired) electrons. The Labute approximate surface area is 80.0 Å². The molecule has 1 rings (SSSR count). The highest BCUT2D eigenvalue weighted by Gasteiger charge is 1.95. The van der Waals surface area contributed by atoms with Crippen LogP contribution in [0.4, 0.5) is 0 Å². The van der Waals surface area contributed by atoms with Crippen molar-refractivity contribution >= 4 is 6.08 Å². The fraction of sp³-hybridized carbons (Fsp3) is 0.333. The van der Waals surface area contributed by atoms with E-state index >= 15 is 0 Å². The Morgan fingerprint density at radius 3 is 2.38 bits per heavy atom. The molecule has 1 aromatic carbocycles. The summed E-state index contributed by atoms with van der Waals surface area (Å²) in [6, 6.07) is 8.23. The van der Waals surface area contributed by atoms with Crippen LogP contribution in [-0.4, -0.2) is 6.10 Å². The summed E-state index contributed by atoms with van der Waals surface area (Å²) in [5, 5.41) is 0. The molecule has 1 aromatic rings. The summed E-state index contributed by atoms with van der Waals surface area (Å²) >= 11 is 0. The number of benzene rings is 1. The molecule has 70 valence electrons. The second-order valence-electron chi connectivity index (χ2n) is 3.31. The average Bonchev–Trinajstić information content (AvgIpc) is 2.15. The van der Waals surface area contributed by atoms with Crippen LogP contribution in [0.25, 0.3) is 6.08 Å². The molecule has 0 aromatic heterocycles. The van der Waals surface area contributed by atoms with Gasteiger partial charge in [0.05, 0.1) is 12.7 Å². The van der Waals surface area contributed by atoms with Gasteiger partial charge in [-0.05, 0) is 25.0 Å². The van der Waals surface area contributed by atoms with E-state index in [9.17, 15) is 0 Å². The van der Waals surface area contributed by atoms with Gasteiger partial charge in [0.1, 0.15) is 0 Å². The van der Waals surface area contributed by atoms with E-state index in [0.29, 0.717) is 12.7 Å². The van der Waals surface area contributed by atoms with E-state index in [0.717, 1.165) is 5.56 Å². The van der Waals surface area contributed by atoms with Crippen molar-refractivity contribution in [2.75, 3.05) is 0 Å². The lowest BCUT2D eigenvalue weighted by molar-refractivity contribution is 0.0657. The first-order chi connectivity index (χ1) is 6.22. The summed E-state index contributed by atoms with van der Waals surface area (Å²) in [7, 11) is 0. The molecule has 0 atom stereocenters. The zero-order valence-corrected chi connectivity index (χ0v) is 8.29. The molecule has 0 saturated carbocycles. The van der Waals surface area contributed by atoms with Crippen LogP contribution >= 0.6 is 0 Å². The van der Waals surface area contributed by atoms with Crippen LogP contribution < -0.4 is 0 Å². The number of hydrogen-bond acceptors (Lipinski definition) is 1. The van der Waals surface area contributed by atoms with Crippen molar-refractivity contribution < 1.29 is 4.74 Å². The Morgan fingerprint density at radius 1 is 1.31 bits per heavy atom. The SMILES string of the molecule is C=Cc1ccc(COC(C)C)cc1. The van der Waals surface area contributed by atoms with Gasteiger partial charge >= 0.3 is 0 Å². The summed E-state index contributed by atoms with van der Waals surface area (Å²) in [5.41, 5.74) is 2.35. The highest BCUT2D eigenvalue weighted by molar-refractivity contribution is 5.47. The maximum atomic E-state index is 5.48. The molecule has 0 aliphatic carbocycles. The second kappa shape index (κ2) is 4.83. The Bertz CT molecular complexity index is 259. The summed E-state index contributed by atoms with van der Waals surface area (Å²) in [5.74, 6) is 0. The fourth-order valence-corrected chi connectivity index (χ4v) is 1.01. The average molecular weight is 176 g/mol.